The van der Waals surface area contributed by atoms with E-state index in [1.807, 2.05) is 24.3 Å². The summed E-state index contributed by atoms with van der Waals surface area (Å²) in [7, 11) is 0. The van der Waals surface area contributed by atoms with Crippen LogP contribution in [0.4, 0.5) is 0 Å². The van der Waals surface area contributed by atoms with Crippen LogP contribution in [-0.4, -0.2) is 55.8 Å². The quantitative estimate of drug-likeness (QED) is 0.184. The van der Waals surface area contributed by atoms with Crippen LogP contribution >= 0.6 is 0 Å². The standard InChI is InChI=1S/2C17H26O3.2C2H6O/c2*1-16(2,3)12-9-11(7-8-14(18)19)10-13(15(12)20)17(4,5)6;2*1-2-3/h2*9-10,20H,7-8H2,1-6H3,(H,18,19);2*3H,2H2,1H3. The van der Waals surface area contributed by atoms with Gasteiger partial charge in [-0.15, -0.1) is 0 Å². The summed E-state index contributed by atoms with van der Waals surface area (Å²) in [6.07, 6.45) is 1.19. The summed E-state index contributed by atoms with van der Waals surface area (Å²) < 4.78 is 0. The monoisotopic (exact) mass is 648 g/mol. The molecule has 0 amide bonds. The molecule has 8 nitrogen and oxygen atoms in total. The molecule has 0 fully saturated rings. The highest BCUT2D eigenvalue weighted by molar-refractivity contribution is 5.67. The summed E-state index contributed by atoms with van der Waals surface area (Å²) in [6.45, 7) is 28.5. The summed E-state index contributed by atoms with van der Waals surface area (Å²) in [6, 6.07) is 7.75. The van der Waals surface area contributed by atoms with Crippen molar-refractivity contribution in [2.45, 2.75) is 144 Å². The number of phenols is 2. The maximum Gasteiger partial charge on any atom is 0.303 e. The number of carboxylic acid groups (broad SMARTS) is 2. The van der Waals surface area contributed by atoms with Crippen LogP contribution in [0.25, 0.3) is 0 Å². The Labute approximate surface area is 278 Å². The molecule has 0 aliphatic carbocycles. The van der Waals surface area contributed by atoms with Gasteiger partial charge in [0.1, 0.15) is 11.5 Å². The van der Waals surface area contributed by atoms with Crippen molar-refractivity contribution in [2.24, 2.45) is 0 Å². The number of carbonyl (C=O) groups is 2. The Morgan fingerprint density at radius 3 is 0.804 bits per heavy atom. The van der Waals surface area contributed by atoms with Gasteiger partial charge < -0.3 is 30.6 Å². The number of phenolic OH excluding ortho intramolecular Hbond substituents is 2. The second-order valence-electron chi connectivity index (χ2n) is 15.5. The second-order valence-corrected chi connectivity index (χ2v) is 15.5. The van der Waals surface area contributed by atoms with E-state index in [0.29, 0.717) is 24.3 Å². The van der Waals surface area contributed by atoms with Crippen molar-refractivity contribution in [3.05, 3.63) is 57.6 Å². The summed E-state index contributed by atoms with van der Waals surface area (Å²) in [4.78, 5) is 21.5. The molecule has 2 rings (SSSR count). The SMILES string of the molecule is CC(C)(C)c1cc(CCC(=O)O)cc(C(C)(C)C)c1O.CC(C)(C)c1cc(CCC(=O)O)cc(C(C)(C)C)c1O.CCO.CCO. The van der Waals surface area contributed by atoms with Crippen molar-refractivity contribution in [1.82, 2.24) is 0 Å². The molecule has 0 spiro atoms. The van der Waals surface area contributed by atoms with Crippen LogP contribution in [0.1, 0.15) is 143 Å². The van der Waals surface area contributed by atoms with Crippen molar-refractivity contribution in [2.75, 3.05) is 13.2 Å². The lowest BCUT2D eigenvalue weighted by atomic mass is 9.78. The first-order valence-corrected chi connectivity index (χ1v) is 16.1. The molecule has 0 aliphatic rings. The maximum atomic E-state index is 10.8. The predicted molar refractivity (Wildman–Crippen MR) is 188 cm³/mol. The van der Waals surface area contributed by atoms with E-state index < -0.39 is 11.9 Å². The number of aliphatic carboxylic acids is 2. The largest absolute Gasteiger partial charge is 0.507 e. The minimum Gasteiger partial charge on any atom is -0.507 e. The van der Waals surface area contributed by atoms with E-state index in [4.69, 9.17) is 20.4 Å². The number of benzene rings is 2. The summed E-state index contributed by atoms with van der Waals surface area (Å²) in [5.74, 6) is -0.923. The highest BCUT2D eigenvalue weighted by Crippen LogP contribution is 2.41. The molecule has 46 heavy (non-hydrogen) atoms. The van der Waals surface area contributed by atoms with Crippen molar-refractivity contribution in [3.63, 3.8) is 0 Å². The Morgan fingerprint density at radius 2 is 0.674 bits per heavy atom. The molecule has 0 radical (unpaired) electrons. The summed E-state index contributed by atoms with van der Waals surface area (Å²) in [5, 5.41) is 53.9. The molecule has 0 aliphatic heterocycles. The lowest BCUT2D eigenvalue weighted by Crippen LogP contribution is -2.18. The number of hydrogen-bond acceptors (Lipinski definition) is 6. The van der Waals surface area contributed by atoms with Gasteiger partial charge in [0.2, 0.25) is 0 Å². The first-order valence-electron chi connectivity index (χ1n) is 16.1. The van der Waals surface area contributed by atoms with E-state index in [1.54, 1.807) is 13.8 Å². The third-order valence-corrected chi connectivity index (χ3v) is 6.83. The van der Waals surface area contributed by atoms with Crippen LogP contribution in [-0.2, 0) is 44.1 Å². The van der Waals surface area contributed by atoms with Crippen LogP contribution in [0.3, 0.4) is 0 Å². The highest BCUT2D eigenvalue weighted by atomic mass is 16.4. The summed E-state index contributed by atoms with van der Waals surface area (Å²) >= 11 is 0. The smallest absolute Gasteiger partial charge is 0.303 e. The number of aromatic hydroxyl groups is 2. The normalized spacial score (nSPS) is 11.7. The van der Waals surface area contributed by atoms with Crippen LogP contribution in [0.2, 0.25) is 0 Å². The van der Waals surface area contributed by atoms with E-state index >= 15 is 0 Å². The van der Waals surface area contributed by atoms with Gasteiger partial charge >= 0.3 is 11.9 Å². The highest BCUT2D eigenvalue weighted by Gasteiger charge is 2.27. The van der Waals surface area contributed by atoms with Gasteiger partial charge in [0.05, 0.1) is 0 Å². The maximum absolute atomic E-state index is 10.8. The molecule has 8 heteroatoms. The molecule has 2 aromatic rings. The van der Waals surface area contributed by atoms with Crippen LogP contribution in [0.15, 0.2) is 24.3 Å². The molecule has 0 unspecified atom stereocenters. The lowest BCUT2D eigenvalue weighted by Gasteiger charge is -2.28. The third-order valence-electron chi connectivity index (χ3n) is 6.83. The summed E-state index contributed by atoms with van der Waals surface area (Å²) in [5.41, 5.74) is 4.76. The Balaban J connectivity index is 0. The van der Waals surface area contributed by atoms with E-state index in [-0.39, 0.29) is 47.7 Å². The van der Waals surface area contributed by atoms with Crippen LogP contribution in [0, 0.1) is 0 Å². The van der Waals surface area contributed by atoms with Gasteiger partial charge in [-0.25, -0.2) is 0 Å². The van der Waals surface area contributed by atoms with Gasteiger partial charge in [0.25, 0.3) is 0 Å². The zero-order chi connectivity index (χ0) is 36.8. The molecule has 0 atom stereocenters. The number of hydrogen-bond donors (Lipinski definition) is 6. The first kappa shape index (κ1) is 45.0. The zero-order valence-electron chi connectivity index (χ0n) is 31.1. The first-order chi connectivity index (χ1) is 20.7. The number of aliphatic hydroxyl groups is 2. The minimum absolute atomic E-state index is 0.109. The molecular weight excluding hydrogens is 584 g/mol. The average molecular weight is 649 g/mol. The molecular formula is C38H64O8. The molecule has 264 valence electrons. The Hall–Kier alpha value is -3.10. The van der Waals surface area contributed by atoms with Gasteiger partial charge in [-0.3, -0.25) is 9.59 Å². The Morgan fingerprint density at radius 1 is 0.500 bits per heavy atom. The fraction of sp³-hybridized carbons (Fsp3) is 0.632. The minimum atomic E-state index is -0.798. The number of rotatable bonds is 6. The molecule has 2 aromatic carbocycles. The van der Waals surface area contributed by atoms with E-state index in [9.17, 15) is 19.8 Å². The van der Waals surface area contributed by atoms with E-state index in [2.05, 4.69) is 83.1 Å². The van der Waals surface area contributed by atoms with E-state index in [0.717, 1.165) is 33.4 Å². The van der Waals surface area contributed by atoms with Crippen LogP contribution < -0.4 is 0 Å². The average Bonchev–Trinajstić information content (AvgIpc) is 2.86. The predicted octanol–water partition coefficient (Wildman–Crippen LogP) is 8.01. The molecule has 0 saturated heterocycles. The molecule has 0 bridgehead atoms. The number of carboxylic acids is 2. The topological polar surface area (TPSA) is 156 Å². The number of aryl methyl sites for hydroxylation is 2. The van der Waals surface area contributed by atoms with Crippen molar-refractivity contribution in [1.29, 1.82) is 0 Å². The fourth-order valence-corrected chi connectivity index (χ4v) is 4.47. The molecule has 6 N–H and O–H groups in total. The van der Waals surface area contributed by atoms with Gasteiger partial charge in [0.15, 0.2) is 0 Å². The van der Waals surface area contributed by atoms with Crippen LogP contribution in [0.5, 0.6) is 11.5 Å². The van der Waals surface area contributed by atoms with Crippen molar-refractivity contribution < 1.29 is 40.2 Å². The zero-order valence-corrected chi connectivity index (χ0v) is 31.1. The van der Waals surface area contributed by atoms with Gasteiger partial charge in [-0.05, 0) is 81.7 Å². The van der Waals surface area contributed by atoms with Crippen molar-refractivity contribution in [3.8, 4) is 11.5 Å². The molecule has 0 aromatic heterocycles. The molecule has 0 heterocycles. The van der Waals surface area contributed by atoms with E-state index in [1.165, 1.54) is 0 Å². The van der Waals surface area contributed by atoms with Gasteiger partial charge in [-0.2, -0.15) is 0 Å². The molecule has 0 saturated carbocycles. The van der Waals surface area contributed by atoms with Gasteiger partial charge in [-0.1, -0.05) is 107 Å². The Bertz CT molecular complexity index is 1070. The van der Waals surface area contributed by atoms with Crippen molar-refractivity contribution >= 4 is 11.9 Å². The fourth-order valence-electron chi connectivity index (χ4n) is 4.47. The lowest BCUT2D eigenvalue weighted by molar-refractivity contribution is -0.138. The third kappa shape index (κ3) is 16.5. The Kier molecular flexibility index (Phi) is 18.5. The second kappa shape index (κ2) is 18.9. The number of aliphatic hydroxyl groups excluding tert-OH is 2. The van der Waals surface area contributed by atoms with Gasteiger partial charge in [0, 0.05) is 26.1 Å².